The van der Waals surface area contributed by atoms with Crippen molar-refractivity contribution < 1.29 is 17.9 Å². The van der Waals surface area contributed by atoms with Crippen LogP contribution >= 0.6 is 31.9 Å². The van der Waals surface area contributed by atoms with Gasteiger partial charge < -0.3 is 4.74 Å². The van der Waals surface area contributed by atoms with Gasteiger partial charge in [0, 0.05) is 9.80 Å². The maximum absolute atomic E-state index is 13.0. The van der Waals surface area contributed by atoms with Crippen molar-refractivity contribution in [2.75, 3.05) is 0 Å². The minimum absolute atomic E-state index is 0.138. The van der Waals surface area contributed by atoms with Crippen molar-refractivity contribution in [2.24, 2.45) is 0 Å². The van der Waals surface area contributed by atoms with Gasteiger partial charge in [-0.05, 0) is 48.4 Å². The van der Waals surface area contributed by atoms with Gasteiger partial charge in [-0.1, -0.05) is 37.9 Å². The summed E-state index contributed by atoms with van der Waals surface area (Å²) in [7, 11) is 0. The lowest BCUT2D eigenvalue weighted by atomic mass is 10.1. The lowest BCUT2D eigenvalue weighted by Crippen LogP contribution is -2.08. The second kappa shape index (κ2) is 6.40. The summed E-state index contributed by atoms with van der Waals surface area (Å²) in [6.45, 7) is 1.83. The summed E-state index contributed by atoms with van der Waals surface area (Å²) in [5.74, 6) is 0.690. The lowest BCUT2D eigenvalue weighted by Gasteiger charge is -2.14. The Balaban J connectivity index is 2.37. The number of halogens is 5. The van der Waals surface area contributed by atoms with Crippen LogP contribution in [0.1, 0.15) is 16.7 Å². The molecule has 1 nitrogen and oxygen atoms in total. The third kappa shape index (κ3) is 4.01. The quantitative estimate of drug-likeness (QED) is 0.514. The number of aryl methyl sites for hydroxylation is 1. The minimum Gasteiger partial charge on any atom is -0.457 e. The van der Waals surface area contributed by atoms with Gasteiger partial charge in [-0.25, -0.2) is 0 Å². The fraction of sp³-hybridized carbons (Fsp3) is 0.200. The molecule has 21 heavy (non-hydrogen) atoms. The Labute approximate surface area is 137 Å². The van der Waals surface area contributed by atoms with Gasteiger partial charge in [-0.3, -0.25) is 0 Å². The van der Waals surface area contributed by atoms with Crippen LogP contribution in [0.3, 0.4) is 0 Å². The Morgan fingerprint density at radius 2 is 1.81 bits per heavy atom. The minimum atomic E-state index is -4.41. The van der Waals surface area contributed by atoms with Gasteiger partial charge in [0.2, 0.25) is 0 Å². The summed E-state index contributed by atoms with van der Waals surface area (Å²) in [6.07, 6.45) is -4.41. The van der Waals surface area contributed by atoms with E-state index in [1.165, 1.54) is 12.1 Å². The van der Waals surface area contributed by atoms with Crippen molar-refractivity contribution in [3.63, 3.8) is 0 Å². The van der Waals surface area contributed by atoms with Crippen LogP contribution in [0.25, 0.3) is 0 Å². The van der Waals surface area contributed by atoms with Crippen LogP contribution in [0.15, 0.2) is 40.9 Å². The smallest absolute Gasteiger partial charge is 0.416 e. The molecule has 6 heteroatoms. The molecule has 2 aromatic carbocycles. The molecule has 0 spiro atoms. The second-order valence-corrected chi connectivity index (χ2v) is 5.94. The third-order valence-corrected chi connectivity index (χ3v) is 3.99. The standard InChI is InChI=1S/C15H11Br2F3O/c1-9-6-11(17)3-5-14(9)21-12-4-2-10(8-16)13(7-12)15(18,19)20/h2-7H,8H2,1H3. The second-order valence-electron chi connectivity index (χ2n) is 4.46. The number of rotatable bonds is 3. The van der Waals surface area contributed by atoms with E-state index >= 15 is 0 Å². The molecule has 0 aliphatic rings. The summed E-state index contributed by atoms with van der Waals surface area (Å²) < 4.78 is 45.5. The van der Waals surface area contributed by atoms with Crippen LogP contribution < -0.4 is 4.74 Å². The predicted octanol–water partition coefficient (Wildman–Crippen LogP) is 6.46. The molecule has 0 radical (unpaired) electrons. The molecule has 0 atom stereocenters. The van der Waals surface area contributed by atoms with Crippen LogP contribution in [0, 0.1) is 6.92 Å². The van der Waals surface area contributed by atoms with Gasteiger partial charge in [-0.2, -0.15) is 13.2 Å². The molecule has 112 valence electrons. The molecule has 2 aromatic rings. The molecule has 2 rings (SSSR count). The van der Waals surface area contributed by atoms with Crippen LogP contribution in [-0.2, 0) is 11.5 Å². The molecular formula is C15H11Br2F3O. The van der Waals surface area contributed by atoms with Crippen molar-refractivity contribution in [3.8, 4) is 11.5 Å². The molecule has 0 unspecified atom stereocenters. The maximum atomic E-state index is 13.0. The molecule has 0 saturated carbocycles. The molecule has 0 fully saturated rings. The van der Waals surface area contributed by atoms with E-state index in [-0.39, 0.29) is 16.6 Å². The van der Waals surface area contributed by atoms with E-state index in [4.69, 9.17) is 4.74 Å². The number of alkyl halides is 4. The highest BCUT2D eigenvalue weighted by molar-refractivity contribution is 9.10. The van der Waals surface area contributed by atoms with Gasteiger partial charge in [0.15, 0.2) is 0 Å². The summed E-state index contributed by atoms with van der Waals surface area (Å²) in [4.78, 5) is 0. The zero-order valence-corrected chi connectivity index (χ0v) is 14.1. The topological polar surface area (TPSA) is 9.23 Å². The molecule has 0 saturated heterocycles. The number of hydrogen-bond donors (Lipinski definition) is 0. The number of benzene rings is 2. The average Bonchev–Trinajstić information content (AvgIpc) is 2.41. The first-order valence-corrected chi connectivity index (χ1v) is 7.93. The van der Waals surface area contributed by atoms with E-state index in [2.05, 4.69) is 31.9 Å². The lowest BCUT2D eigenvalue weighted by molar-refractivity contribution is -0.138. The highest BCUT2D eigenvalue weighted by Crippen LogP contribution is 2.37. The molecule has 0 aliphatic heterocycles. The molecular weight excluding hydrogens is 413 g/mol. The van der Waals surface area contributed by atoms with Gasteiger partial charge >= 0.3 is 6.18 Å². The highest BCUT2D eigenvalue weighted by Gasteiger charge is 2.33. The first kappa shape index (κ1) is 16.4. The molecule has 0 amide bonds. The van der Waals surface area contributed by atoms with E-state index in [1.54, 1.807) is 12.1 Å². The molecule has 0 heterocycles. The third-order valence-electron chi connectivity index (χ3n) is 2.90. The van der Waals surface area contributed by atoms with Crippen molar-refractivity contribution in [1.82, 2.24) is 0 Å². The van der Waals surface area contributed by atoms with Crippen LogP contribution in [0.5, 0.6) is 11.5 Å². The summed E-state index contributed by atoms with van der Waals surface area (Å²) >= 11 is 6.39. The fourth-order valence-electron chi connectivity index (χ4n) is 1.85. The SMILES string of the molecule is Cc1cc(Br)ccc1Oc1ccc(CBr)c(C(F)(F)F)c1. The Bertz CT molecular complexity index is 654. The first-order chi connectivity index (χ1) is 9.81. The Morgan fingerprint density at radius 1 is 1.10 bits per heavy atom. The summed E-state index contributed by atoms with van der Waals surface area (Å²) in [5, 5.41) is 0.138. The summed E-state index contributed by atoms with van der Waals surface area (Å²) in [6, 6.07) is 9.31. The molecule has 0 aromatic heterocycles. The normalized spacial score (nSPS) is 11.5. The van der Waals surface area contributed by atoms with Gasteiger partial charge in [0.25, 0.3) is 0 Å². The van der Waals surface area contributed by atoms with Crippen molar-refractivity contribution in [3.05, 3.63) is 57.6 Å². The van der Waals surface area contributed by atoms with Crippen LogP contribution in [0.4, 0.5) is 13.2 Å². The van der Waals surface area contributed by atoms with Gasteiger partial charge in [0.05, 0.1) is 5.56 Å². The average molecular weight is 424 g/mol. The first-order valence-electron chi connectivity index (χ1n) is 6.01. The van der Waals surface area contributed by atoms with Crippen LogP contribution in [0.2, 0.25) is 0 Å². The Hall–Kier alpha value is -1.01. The van der Waals surface area contributed by atoms with E-state index in [0.29, 0.717) is 5.75 Å². The molecule has 0 bridgehead atoms. The zero-order chi connectivity index (χ0) is 15.6. The Kier molecular flexibility index (Phi) is 4.99. The van der Waals surface area contributed by atoms with Gasteiger partial charge in [0.1, 0.15) is 11.5 Å². The number of hydrogen-bond acceptors (Lipinski definition) is 1. The highest BCUT2D eigenvalue weighted by atomic mass is 79.9. The predicted molar refractivity (Wildman–Crippen MR) is 83.0 cm³/mol. The largest absolute Gasteiger partial charge is 0.457 e. The van der Waals surface area contributed by atoms with Crippen molar-refractivity contribution in [2.45, 2.75) is 18.4 Å². The molecule has 0 N–H and O–H groups in total. The maximum Gasteiger partial charge on any atom is 0.416 e. The van der Waals surface area contributed by atoms with E-state index in [1.807, 2.05) is 13.0 Å². The summed E-state index contributed by atoms with van der Waals surface area (Å²) in [5.41, 5.74) is 0.330. The zero-order valence-electron chi connectivity index (χ0n) is 11.0. The number of ether oxygens (including phenoxy) is 1. The van der Waals surface area contributed by atoms with E-state index in [9.17, 15) is 13.2 Å². The fourth-order valence-corrected chi connectivity index (χ4v) is 2.82. The molecule has 0 aliphatic carbocycles. The van der Waals surface area contributed by atoms with E-state index in [0.717, 1.165) is 16.1 Å². The van der Waals surface area contributed by atoms with E-state index < -0.39 is 11.7 Å². The van der Waals surface area contributed by atoms with Crippen molar-refractivity contribution in [1.29, 1.82) is 0 Å². The van der Waals surface area contributed by atoms with Gasteiger partial charge in [-0.15, -0.1) is 0 Å². The Morgan fingerprint density at radius 3 is 2.38 bits per heavy atom. The van der Waals surface area contributed by atoms with Crippen molar-refractivity contribution >= 4 is 31.9 Å². The van der Waals surface area contributed by atoms with Crippen LogP contribution in [-0.4, -0.2) is 0 Å². The monoisotopic (exact) mass is 422 g/mol.